The molecular formula is C15H10ClN7O. The fourth-order valence-electron chi connectivity index (χ4n) is 1.61. The topological polar surface area (TPSA) is 127 Å². The lowest BCUT2D eigenvalue weighted by Gasteiger charge is -2.07. The van der Waals surface area contributed by atoms with Gasteiger partial charge in [0.1, 0.15) is 12.1 Å². The summed E-state index contributed by atoms with van der Waals surface area (Å²) < 4.78 is 0. The van der Waals surface area contributed by atoms with Gasteiger partial charge in [-0.1, -0.05) is 11.6 Å². The van der Waals surface area contributed by atoms with Gasteiger partial charge in [0.05, 0.1) is 34.4 Å². The number of hydrazone groups is 1. The molecule has 0 bridgehead atoms. The number of aromatic nitrogens is 2. The predicted molar refractivity (Wildman–Crippen MR) is 88.5 cm³/mol. The smallest absolute Gasteiger partial charge is 0.258 e. The molecule has 2 aromatic rings. The van der Waals surface area contributed by atoms with Crippen LogP contribution < -0.4 is 10.7 Å². The minimum atomic E-state index is -0.442. The fraction of sp³-hybridized carbons (Fsp3) is 0.0667. The summed E-state index contributed by atoms with van der Waals surface area (Å²) in [6.07, 6.45) is 2.97. The number of nitriles is 2. The van der Waals surface area contributed by atoms with Crippen LogP contribution in [-0.4, -0.2) is 21.6 Å². The third-order valence-electron chi connectivity index (χ3n) is 2.74. The monoisotopic (exact) mass is 339 g/mol. The number of hydrogen-bond acceptors (Lipinski definition) is 7. The summed E-state index contributed by atoms with van der Waals surface area (Å²) in [7, 11) is 0. The van der Waals surface area contributed by atoms with Crippen LogP contribution in [0.1, 0.15) is 16.1 Å². The zero-order valence-corrected chi connectivity index (χ0v) is 13.2. The summed E-state index contributed by atoms with van der Waals surface area (Å²) in [5.41, 5.74) is 3.58. The number of nitrogens with zero attached hydrogens (tertiary/aromatic N) is 5. The van der Waals surface area contributed by atoms with E-state index in [1.54, 1.807) is 19.1 Å². The number of amides is 1. The first-order valence-corrected chi connectivity index (χ1v) is 6.94. The standard InChI is InChI=1S/C15H10ClN7O/c1-9-7-20-14(8-19-9)21-15(24)12-3-2-10(4-13(12)16)22-23-11(5-17)6-18/h2-4,7-8,22H,1H3,(H,20,21,24). The van der Waals surface area contributed by atoms with Gasteiger partial charge >= 0.3 is 0 Å². The van der Waals surface area contributed by atoms with Crippen LogP contribution in [-0.2, 0) is 0 Å². The predicted octanol–water partition coefficient (Wildman–Crippen LogP) is 2.51. The van der Waals surface area contributed by atoms with Crippen molar-refractivity contribution in [1.82, 2.24) is 9.97 Å². The van der Waals surface area contributed by atoms with Crippen molar-refractivity contribution in [2.45, 2.75) is 6.92 Å². The summed E-state index contributed by atoms with van der Waals surface area (Å²) >= 11 is 6.08. The highest BCUT2D eigenvalue weighted by atomic mass is 35.5. The van der Waals surface area contributed by atoms with E-state index in [9.17, 15) is 4.79 Å². The van der Waals surface area contributed by atoms with E-state index < -0.39 is 5.91 Å². The van der Waals surface area contributed by atoms with Crippen LogP contribution >= 0.6 is 11.6 Å². The van der Waals surface area contributed by atoms with Crippen LogP contribution in [0.25, 0.3) is 0 Å². The highest BCUT2D eigenvalue weighted by Gasteiger charge is 2.12. The van der Waals surface area contributed by atoms with Gasteiger partial charge in [0.15, 0.2) is 5.82 Å². The van der Waals surface area contributed by atoms with Gasteiger partial charge in [0.25, 0.3) is 5.91 Å². The Labute approximate surface area is 142 Å². The molecule has 0 fully saturated rings. The Morgan fingerprint density at radius 3 is 2.58 bits per heavy atom. The van der Waals surface area contributed by atoms with Crippen molar-refractivity contribution in [2.24, 2.45) is 5.10 Å². The average Bonchev–Trinajstić information content (AvgIpc) is 2.58. The van der Waals surface area contributed by atoms with Crippen molar-refractivity contribution < 1.29 is 4.79 Å². The number of benzene rings is 1. The molecule has 0 saturated heterocycles. The highest BCUT2D eigenvalue weighted by Crippen LogP contribution is 2.22. The molecule has 0 radical (unpaired) electrons. The molecule has 2 N–H and O–H groups in total. The van der Waals surface area contributed by atoms with E-state index in [1.807, 2.05) is 0 Å². The van der Waals surface area contributed by atoms with Crippen molar-refractivity contribution in [3.05, 3.63) is 46.9 Å². The number of aryl methyl sites for hydroxylation is 1. The van der Waals surface area contributed by atoms with Gasteiger partial charge in [-0.3, -0.25) is 15.2 Å². The van der Waals surface area contributed by atoms with Crippen molar-refractivity contribution in [1.29, 1.82) is 10.5 Å². The van der Waals surface area contributed by atoms with Gasteiger partial charge < -0.3 is 5.32 Å². The minimum absolute atomic E-state index is 0.170. The lowest BCUT2D eigenvalue weighted by atomic mass is 10.2. The molecule has 0 saturated carbocycles. The van der Waals surface area contributed by atoms with Gasteiger partial charge in [0, 0.05) is 0 Å². The second-order valence-electron chi connectivity index (χ2n) is 4.49. The second kappa shape index (κ2) is 7.68. The van der Waals surface area contributed by atoms with E-state index in [0.717, 1.165) is 5.69 Å². The maximum Gasteiger partial charge on any atom is 0.258 e. The van der Waals surface area contributed by atoms with E-state index in [4.69, 9.17) is 22.1 Å². The van der Waals surface area contributed by atoms with E-state index >= 15 is 0 Å². The molecule has 0 unspecified atom stereocenters. The molecule has 0 aliphatic heterocycles. The molecule has 0 aliphatic carbocycles. The highest BCUT2D eigenvalue weighted by molar-refractivity contribution is 6.34. The van der Waals surface area contributed by atoms with Crippen LogP contribution in [0.5, 0.6) is 0 Å². The summed E-state index contributed by atoms with van der Waals surface area (Å²) in [6.45, 7) is 1.79. The van der Waals surface area contributed by atoms with Gasteiger partial charge in [-0.15, -0.1) is 0 Å². The van der Waals surface area contributed by atoms with E-state index in [0.29, 0.717) is 11.5 Å². The number of carbonyl (C=O) groups is 1. The summed E-state index contributed by atoms with van der Waals surface area (Å²) in [4.78, 5) is 20.3. The first-order valence-electron chi connectivity index (χ1n) is 6.57. The Hall–Kier alpha value is -3.49. The number of anilines is 2. The fourth-order valence-corrected chi connectivity index (χ4v) is 1.87. The van der Waals surface area contributed by atoms with Gasteiger partial charge in [-0.25, -0.2) is 4.98 Å². The zero-order valence-electron chi connectivity index (χ0n) is 12.4. The first-order chi connectivity index (χ1) is 11.5. The van der Waals surface area contributed by atoms with Crippen molar-refractivity contribution in [3.8, 4) is 12.1 Å². The molecule has 9 heteroatoms. The SMILES string of the molecule is Cc1cnc(NC(=O)c2ccc(NN=C(C#N)C#N)cc2Cl)cn1. The third kappa shape index (κ3) is 4.26. The first kappa shape index (κ1) is 16.9. The molecule has 1 aromatic carbocycles. The zero-order chi connectivity index (χ0) is 17.5. The molecule has 0 aliphatic rings. The van der Waals surface area contributed by atoms with E-state index in [1.165, 1.54) is 30.6 Å². The lowest BCUT2D eigenvalue weighted by Crippen LogP contribution is -2.14. The third-order valence-corrected chi connectivity index (χ3v) is 3.06. The average molecular weight is 340 g/mol. The maximum atomic E-state index is 12.2. The molecule has 0 spiro atoms. The van der Waals surface area contributed by atoms with Crippen molar-refractivity contribution in [3.63, 3.8) is 0 Å². The summed E-state index contributed by atoms with van der Waals surface area (Å²) in [5, 5.41) is 23.5. The molecule has 8 nitrogen and oxygen atoms in total. The second-order valence-corrected chi connectivity index (χ2v) is 4.89. The molecular weight excluding hydrogens is 330 g/mol. The number of nitrogens with one attached hydrogen (secondary N) is 2. The molecule has 2 rings (SSSR count). The molecule has 1 heterocycles. The molecule has 0 atom stereocenters. The Bertz CT molecular complexity index is 862. The summed E-state index contributed by atoms with van der Waals surface area (Å²) in [6, 6.07) is 7.70. The van der Waals surface area contributed by atoms with Crippen LogP contribution in [0.4, 0.5) is 11.5 Å². The van der Waals surface area contributed by atoms with Crippen LogP contribution in [0, 0.1) is 29.6 Å². The number of hydrogen-bond donors (Lipinski definition) is 2. The van der Waals surface area contributed by atoms with Crippen LogP contribution in [0.15, 0.2) is 35.7 Å². The van der Waals surface area contributed by atoms with Crippen LogP contribution in [0.3, 0.4) is 0 Å². The van der Waals surface area contributed by atoms with Crippen molar-refractivity contribution in [2.75, 3.05) is 10.7 Å². The number of carbonyl (C=O) groups excluding carboxylic acids is 1. The van der Waals surface area contributed by atoms with E-state index in [2.05, 4.69) is 25.8 Å². The molecule has 118 valence electrons. The van der Waals surface area contributed by atoms with Crippen molar-refractivity contribution >= 4 is 34.7 Å². The lowest BCUT2D eigenvalue weighted by molar-refractivity contribution is 0.102. The largest absolute Gasteiger partial charge is 0.305 e. The molecule has 24 heavy (non-hydrogen) atoms. The molecule has 1 amide bonds. The Morgan fingerprint density at radius 2 is 2.00 bits per heavy atom. The quantitative estimate of drug-likeness (QED) is 0.650. The molecule has 1 aromatic heterocycles. The van der Waals surface area contributed by atoms with Crippen LogP contribution in [0.2, 0.25) is 5.02 Å². The Morgan fingerprint density at radius 1 is 1.25 bits per heavy atom. The number of halogens is 1. The van der Waals surface area contributed by atoms with Gasteiger partial charge in [0.2, 0.25) is 5.71 Å². The number of rotatable bonds is 4. The normalized spacial score (nSPS) is 9.33. The van der Waals surface area contributed by atoms with E-state index in [-0.39, 0.29) is 16.3 Å². The maximum absolute atomic E-state index is 12.2. The Balaban J connectivity index is 2.13. The summed E-state index contributed by atoms with van der Waals surface area (Å²) in [5.74, 6) is -0.135. The minimum Gasteiger partial charge on any atom is -0.305 e. The Kier molecular flexibility index (Phi) is 5.40. The van der Waals surface area contributed by atoms with Gasteiger partial charge in [-0.2, -0.15) is 15.6 Å². The van der Waals surface area contributed by atoms with Gasteiger partial charge in [-0.05, 0) is 25.1 Å².